The van der Waals surface area contributed by atoms with Gasteiger partial charge >= 0.3 is 9.28 Å². The van der Waals surface area contributed by atoms with E-state index in [1.165, 1.54) is 10.8 Å². The predicted molar refractivity (Wildman–Crippen MR) is 70.7 cm³/mol. The maximum absolute atomic E-state index is 5.53. The Kier molecular flexibility index (Phi) is 5.45. The van der Waals surface area contributed by atoms with E-state index in [-0.39, 0.29) is 0 Å². The van der Waals surface area contributed by atoms with Gasteiger partial charge in [-0.3, -0.25) is 0 Å². The van der Waals surface area contributed by atoms with E-state index in [2.05, 4.69) is 20.8 Å². The fourth-order valence-corrected chi connectivity index (χ4v) is 4.54. The van der Waals surface area contributed by atoms with Crippen molar-refractivity contribution in [2.45, 2.75) is 46.5 Å². The van der Waals surface area contributed by atoms with E-state index in [0.717, 1.165) is 25.7 Å². The highest BCUT2D eigenvalue weighted by Gasteiger charge is 2.28. The van der Waals surface area contributed by atoms with Crippen molar-refractivity contribution >= 4 is 9.28 Å². The molecule has 0 heterocycles. The Bertz CT molecular complexity index is 301. The van der Waals surface area contributed by atoms with Gasteiger partial charge in [0.05, 0.1) is 0 Å². The van der Waals surface area contributed by atoms with Gasteiger partial charge in [-0.05, 0) is 42.0 Å². The first-order valence-corrected chi connectivity index (χ1v) is 7.74. The van der Waals surface area contributed by atoms with Crippen LogP contribution < -0.4 is 0 Å². The van der Waals surface area contributed by atoms with Crippen molar-refractivity contribution in [3.63, 3.8) is 0 Å². The molecular formula is C13H24O2Si. The lowest BCUT2D eigenvalue weighted by atomic mass is 10.0. The Morgan fingerprint density at radius 2 is 1.50 bits per heavy atom. The van der Waals surface area contributed by atoms with E-state index < -0.39 is 9.28 Å². The van der Waals surface area contributed by atoms with Gasteiger partial charge in [-0.25, -0.2) is 0 Å². The third-order valence-corrected chi connectivity index (χ3v) is 5.41. The fraction of sp³-hybridized carbons (Fsp3) is 0.692. The van der Waals surface area contributed by atoms with Crippen molar-refractivity contribution in [1.29, 1.82) is 0 Å². The zero-order valence-corrected chi connectivity index (χ0v) is 12.4. The molecule has 0 aliphatic heterocycles. The first-order valence-electron chi connectivity index (χ1n) is 6.22. The van der Waals surface area contributed by atoms with Crippen LogP contribution in [0.15, 0.2) is 21.9 Å². The molecule has 92 valence electrons. The molecule has 0 fully saturated rings. The SMILES string of the molecule is CCC1=C(CC)C(CC)=C([SiH](OC)OC)C1. The van der Waals surface area contributed by atoms with Gasteiger partial charge in [0.2, 0.25) is 0 Å². The molecule has 0 N–H and O–H groups in total. The molecule has 0 atom stereocenters. The molecule has 3 heteroatoms. The lowest BCUT2D eigenvalue weighted by molar-refractivity contribution is 0.286. The Hall–Kier alpha value is -0.383. The molecule has 0 saturated carbocycles. The largest absolute Gasteiger partial charge is 0.397 e. The molecule has 0 aromatic rings. The van der Waals surface area contributed by atoms with Gasteiger partial charge in [0.25, 0.3) is 0 Å². The molecule has 0 spiro atoms. The summed E-state index contributed by atoms with van der Waals surface area (Å²) in [6.45, 7) is 6.73. The summed E-state index contributed by atoms with van der Waals surface area (Å²) >= 11 is 0. The van der Waals surface area contributed by atoms with Gasteiger partial charge in [0.15, 0.2) is 0 Å². The molecule has 1 rings (SSSR count). The highest BCUT2D eigenvalue weighted by Crippen LogP contribution is 2.38. The number of hydrogen-bond donors (Lipinski definition) is 0. The minimum atomic E-state index is -1.59. The summed E-state index contributed by atoms with van der Waals surface area (Å²) in [5, 5.41) is 1.47. The molecule has 1 aliphatic rings. The maximum atomic E-state index is 5.53. The van der Waals surface area contributed by atoms with Crippen molar-refractivity contribution in [1.82, 2.24) is 0 Å². The summed E-state index contributed by atoms with van der Waals surface area (Å²) in [5.74, 6) is 0. The summed E-state index contributed by atoms with van der Waals surface area (Å²) in [4.78, 5) is 0. The first kappa shape index (κ1) is 13.7. The molecule has 0 aromatic heterocycles. The Morgan fingerprint density at radius 3 is 1.88 bits per heavy atom. The van der Waals surface area contributed by atoms with Gasteiger partial charge < -0.3 is 8.85 Å². The average molecular weight is 240 g/mol. The smallest absolute Gasteiger partial charge is 0.351 e. The average Bonchev–Trinajstić information content (AvgIpc) is 2.68. The van der Waals surface area contributed by atoms with Crippen LogP contribution in [0.1, 0.15) is 46.5 Å². The zero-order chi connectivity index (χ0) is 12.1. The minimum Gasteiger partial charge on any atom is -0.397 e. The summed E-state index contributed by atoms with van der Waals surface area (Å²) in [6, 6.07) is 0. The Balaban J connectivity index is 3.03. The van der Waals surface area contributed by atoms with Crippen molar-refractivity contribution in [3.8, 4) is 0 Å². The molecule has 0 amide bonds. The molecular weight excluding hydrogens is 216 g/mol. The highest BCUT2D eigenvalue weighted by atomic mass is 28.3. The number of hydrogen-bond acceptors (Lipinski definition) is 2. The van der Waals surface area contributed by atoms with Crippen LogP contribution in [-0.4, -0.2) is 23.5 Å². The molecule has 0 unspecified atom stereocenters. The first-order chi connectivity index (χ1) is 7.73. The lowest BCUT2D eigenvalue weighted by Crippen LogP contribution is -2.23. The second-order valence-corrected chi connectivity index (χ2v) is 6.43. The van der Waals surface area contributed by atoms with E-state index in [0.29, 0.717) is 0 Å². The molecule has 0 saturated heterocycles. The van der Waals surface area contributed by atoms with E-state index >= 15 is 0 Å². The Morgan fingerprint density at radius 1 is 0.938 bits per heavy atom. The molecule has 0 aromatic carbocycles. The van der Waals surface area contributed by atoms with Crippen molar-refractivity contribution < 1.29 is 8.85 Å². The van der Waals surface area contributed by atoms with Crippen LogP contribution in [-0.2, 0) is 8.85 Å². The van der Waals surface area contributed by atoms with Gasteiger partial charge in [0, 0.05) is 14.2 Å². The van der Waals surface area contributed by atoms with Crippen LogP contribution in [0.25, 0.3) is 0 Å². The standard InChI is InChI=1S/C13H24O2Si/c1-6-10-9-13(16(14-4)15-5)12(8-3)11(10)7-2/h16H,6-9H2,1-5H3. The second kappa shape index (κ2) is 6.38. The molecule has 16 heavy (non-hydrogen) atoms. The quantitative estimate of drug-likeness (QED) is 0.663. The van der Waals surface area contributed by atoms with Crippen molar-refractivity contribution in [3.05, 3.63) is 21.9 Å². The highest BCUT2D eigenvalue weighted by molar-refractivity contribution is 6.54. The minimum absolute atomic E-state index is 1.10. The molecule has 0 radical (unpaired) electrons. The summed E-state index contributed by atoms with van der Waals surface area (Å²) < 4.78 is 11.1. The van der Waals surface area contributed by atoms with Gasteiger partial charge in [-0.2, -0.15) is 0 Å². The third-order valence-electron chi connectivity index (χ3n) is 3.43. The maximum Gasteiger partial charge on any atom is 0.351 e. The van der Waals surface area contributed by atoms with E-state index in [1.807, 2.05) is 0 Å². The lowest BCUT2D eigenvalue weighted by Gasteiger charge is -2.15. The van der Waals surface area contributed by atoms with E-state index in [9.17, 15) is 0 Å². The fourth-order valence-electron chi connectivity index (χ4n) is 2.70. The van der Waals surface area contributed by atoms with Crippen molar-refractivity contribution in [2.75, 3.05) is 14.2 Å². The molecule has 1 aliphatic carbocycles. The van der Waals surface area contributed by atoms with E-state index in [4.69, 9.17) is 8.85 Å². The van der Waals surface area contributed by atoms with Gasteiger partial charge in [0.1, 0.15) is 0 Å². The van der Waals surface area contributed by atoms with Crippen molar-refractivity contribution in [2.24, 2.45) is 0 Å². The molecule has 2 nitrogen and oxygen atoms in total. The monoisotopic (exact) mass is 240 g/mol. The predicted octanol–water partition coefficient (Wildman–Crippen LogP) is 3.27. The van der Waals surface area contributed by atoms with Crippen LogP contribution in [0.5, 0.6) is 0 Å². The van der Waals surface area contributed by atoms with Crippen LogP contribution in [0.3, 0.4) is 0 Å². The second-order valence-electron chi connectivity index (χ2n) is 4.13. The zero-order valence-electron chi connectivity index (χ0n) is 11.2. The Labute approximate surface area is 101 Å². The summed E-state index contributed by atoms with van der Waals surface area (Å²) in [5.41, 5.74) is 4.70. The topological polar surface area (TPSA) is 18.5 Å². The van der Waals surface area contributed by atoms with Crippen LogP contribution >= 0.6 is 0 Å². The van der Waals surface area contributed by atoms with Crippen LogP contribution in [0.4, 0.5) is 0 Å². The molecule has 0 bridgehead atoms. The van der Waals surface area contributed by atoms with Gasteiger partial charge in [-0.1, -0.05) is 26.3 Å². The third kappa shape index (κ3) is 2.47. The normalized spacial score (nSPS) is 16.9. The van der Waals surface area contributed by atoms with Crippen LogP contribution in [0.2, 0.25) is 0 Å². The van der Waals surface area contributed by atoms with E-state index in [1.54, 1.807) is 25.4 Å². The van der Waals surface area contributed by atoms with Crippen LogP contribution in [0, 0.1) is 0 Å². The summed E-state index contributed by atoms with van der Waals surface area (Å²) in [7, 11) is 1.96. The van der Waals surface area contributed by atoms with Gasteiger partial charge in [-0.15, -0.1) is 0 Å². The summed E-state index contributed by atoms with van der Waals surface area (Å²) in [6.07, 6.45) is 4.51. The number of allylic oxidation sites excluding steroid dienone is 4. The number of rotatable bonds is 6.